The van der Waals surface area contributed by atoms with Gasteiger partial charge in [0.25, 0.3) is 0 Å². The smallest absolute Gasteiger partial charge is 0.164 e. The van der Waals surface area contributed by atoms with Gasteiger partial charge in [-0.1, -0.05) is 178 Å². The van der Waals surface area contributed by atoms with E-state index < -0.39 is 0 Å². The van der Waals surface area contributed by atoms with Gasteiger partial charge in [0.2, 0.25) is 0 Å². The maximum absolute atomic E-state index is 5.09. The van der Waals surface area contributed by atoms with Crippen LogP contribution in [0.25, 0.3) is 78.3 Å². The summed E-state index contributed by atoms with van der Waals surface area (Å²) in [5, 5.41) is 2.56. The number of hydrogen-bond donors (Lipinski definition) is 0. The summed E-state index contributed by atoms with van der Waals surface area (Å²) in [4.78, 5) is 15.1. The van der Waals surface area contributed by atoms with Crippen LogP contribution in [-0.2, 0) is 5.41 Å². The largest absolute Gasteiger partial charge is 0.208 e. The Morgan fingerprint density at radius 2 is 0.796 bits per heavy atom. The Bertz CT molecular complexity index is 2460. The second-order valence-corrected chi connectivity index (χ2v) is 13.2. The zero-order valence-electron chi connectivity index (χ0n) is 27.4. The molecule has 0 atom stereocenters. The van der Waals surface area contributed by atoms with Crippen molar-refractivity contribution in [1.82, 2.24) is 15.0 Å². The van der Waals surface area contributed by atoms with E-state index in [0.717, 1.165) is 27.8 Å². The van der Waals surface area contributed by atoms with Gasteiger partial charge in [0, 0.05) is 22.1 Å². The third-order valence-electron chi connectivity index (χ3n) is 9.95. The maximum Gasteiger partial charge on any atom is 0.164 e. The van der Waals surface area contributed by atoms with Crippen LogP contribution < -0.4 is 0 Å². The molecule has 1 aliphatic carbocycles. The van der Waals surface area contributed by atoms with Crippen LogP contribution in [0, 0.1) is 0 Å². The third kappa shape index (κ3) is 4.77. The Morgan fingerprint density at radius 3 is 1.43 bits per heavy atom. The average molecular weight is 628 g/mol. The number of aromatic nitrogens is 3. The van der Waals surface area contributed by atoms with Crippen molar-refractivity contribution in [3.63, 3.8) is 0 Å². The molecule has 232 valence electrons. The van der Waals surface area contributed by atoms with Crippen molar-refractivity contribution in [2.75, 3.05) is 0 Å². The highest BCUT2D eigenvalue weighted by molar-refractivity contribution is 6.06. The summed E-state index contributed by atoms with van der Waals surface area (Å²) in [7, 11) is 0. The number of hydrogen-bond acceptors (Lipinski definition) is 3. The predicted octanol–water partition coefficient (Wildman–Crippen LogP) is 11.7. The van der Waals surface area contributed by atoms with Gasteiger partial charge < -0.3 is 0 Å². The zero-order chi connectivity index (χ0) is 33.0. The van der Waals surface area contributed by atoms with Crippen LogP contribution in [0.5, 0.6) is 0 Å². The molecule has 7 aromatic carbocycles. The summed E-state index contributed by atoms with van der Waals surface area (Å²) in [6, 6.07) is 57.7. The van der Waals surface area contributed by atoms with Gasteiger partial charge in [-0.05, 0) is 55.3 Å². The second kappa shape index (κ2) is 11.5. The van der Waals surface area contributed by atoms with Gasteiger partial charge in [-0.15, -0.1) is 0 Å². The van der Waals surface area contributed by atoms with E-state index in [1.54, 1.807) is 0 Å². The summed E-state index contributed by atoms with van der Waals surface area (Å²) >= 11 is 0. The molecule has 49 heavy (non-hydrogen) atoms. The van der Waals surface area contributed by atoms with Gasteiger partial charge in [-0.2, -0.15) is 0 Å². The lowest BCUT2D eigenvalue weighted by Crippen LogP contribution is -2.15. The molecule has 0 aliphatic heterocycles. The van der Waals surface area contributed by atoms with Gasteiger partial charge in [0.1, 0.15) is 0 Å². The van der Waals surface area contributed by atoms with Crippen LogP contribution in [0.2, 0.25) is 0 Å². The predicted molar refractivity (Wildman–Crippen MR) is 202 cm³/mol. The topological polar surface area (TPSA) is 38.7 Å². The zero-order valence-corrected chi connectivity index (χ0v) is 27.4. The van der Waals surface area contributed by atoms with E-state index in [1.165, 1.54) is 44.2 Å². The monoisotopic (exact) mass is 627 g/mol. The molecule has 0 saturated carbocycles. The first-order valence-corrected chi connectivity index (χ1v) is 16.8. The average Bonchev–Trinajstić information content (AvgIpc) is 3.41. The van der Waals surface area contributed by atoms with Gasteiger partial charge >= 0.3 is 0 Å². The summed E-state index contributed by atoms with van der Waals surface area (Å²) in [5.41, 5.74) is 12.8. The van der Waals surface area contributed by atoms with E-state index in [1.807, 2.05) is 60.7 Å². The van der Waals surface area contributed by atoms with Crippen molar-refractivity contribution in [3.8, 4) is 67.5 Å². The first-order chi connectivity index (χ1) is 24.1. The fourth-order valence-electron chi connectivity index (χ4n) is 7.68. The summed E-state index contributed by atoms with van der Waals surface area (Å²) < 4.78 is 0. The molecule has 0 N–H and O–H groups in total. The van der Waals surface area contributed by atoms with Crippen LogP contribution in [0.15, 0.2) is 164 Å². The van der Waals surface area contributed by atoms with Crippen LogP contribution >= 0.6 is 0 Å². The molecule has 1 aromatic heterocycles. The van der Waals surface area contributed by atoms with Crippen molar-refractivity contribution in [3.05, 3.63) is 175 Å². The molecule has 0 spiro atoms. The molecule has 1 aliphatic rings. The Morgan fingerprint density at radius 1 is 0.327 bits per heavy atom. The fourth-order valence-corrected chi connectivity index (χ4v) is 7.68. The minimum absolute atomic E-state index is 0.0955. The van der Waals surface area contributed by atoms with Gasteiger partial charge in [0.15, 0.2) is 17.5 Å². The SMILES string of the molecule is CC1(C)c2ccccc2-c2ccc3c(-c4ccccc4-c4ccccc4-c4nc(-c5ccccc5)nc(-c5ccccc5)n4)cccc3c21. The summed E-state index contributed by atoms with van der Waals surface area (Å²) in [6.07, 6.45) is 0. The number of benzene rings is 7. The van der Waals surface area contributed by atoms with Crippen LogP contribution in [0.3, 0.4) is 0 Å². The van der Waals surface area contributed by atoms with Crippen LogP contribution in [0.1, 0.15) is 25.0 Å². The number of rotatable bonds is 5. The molecule has 8 aromatic rings. The van der Waals surface area contributed by atoms with Gasteiger partial charge in [-0.3, -0.25) is 0 Å². The molecular weight excluding hydrogens is 595 g/mol. The molecular formula is C46H33N3. The highest BCUT2D eigenvalue weighted by atomic mass is 15.0. The molecule has 3 nitrogen and oxygen atoms in total. The molecule has 3 heteroatoms. The van der Waals surface area contributed by atoms with E-state index in [4.69, 9.17) is 15.0 Å². The van der Waals surface area contributed by atoms with Crippen LogP contribution in [-0.4, -0.2) is 15.0 Å². The molecule has 0 unspecified atom stereocenters. The van der Waals surface area contributed by atoms with Crippen LogP contribution in [0.4, 0.5) is 0 Å². The summed E-state index contributed by atoms with van der Waals surface area (Å²) in [6.45, 7) is 4.71. The van der Waals surface area contributed by atoms with E-state index >= 15 is 0 Å². The molecule has 1 heterocycles. The Hall–Kier alpha value is -6.19. The van der Waals surface area contributed by atoms with E-state index in [2.05, 4.69) is 117 Å². The molecule has 0 bridgehead atoms. The second-order valence-electron chi connectivity index (χ2n) is 13.2. The maximum atomic E-state index is 5.09. The molecule has 0 radical (unpaired) electrons. The summed E-state index contributed by atoms with van der Waals surface area (Å²) in [5.74, 6) is 1.95. The lowest BCUT2D eigenvalue weighted by atomic mass is 9.79. The van der Waals surface area contributed by atoms with Crippen molar-refractivity contribution >= 4 is 10.8 Å². The normalized spacial score (nSPS) is 12.9. The fraction of sp³-hybridized carbons (Fsp3) is 0.0652. The standard InChI is InChI=1S/C46H33N3/c1-46(2)41-27-14-13-23-37(41)39-29-28-36-34(25-15-26-38(36)42(39)46)32-20-9-10-21-33(32)35-22-11-12-24-40(35)45-48-43(30-16-5-3-6-17-30)47-44(49-45)31-18-7-4-8-19-31/h3-29H,1-2H3. The molecule has 0 amide bonds. The van der Waals surface area contributed by atoms with Crippen molar-refractivity contribution in [2.24, 2.45) is 0 Å². The van der Waals surface area contributed by atoms with Gasteiger partial charge in [0.05, 0.1) is 0 Å². The Kier molecular flexibility index (Phi) is 6.80. The molecule has 0 saturated heterocycles. The number of nitrogens with zero attached hydrogens (tertiary/aromatic N) is 3. The minimum atomic E-state index is -0.0955. The van der Waals surface area contributed by atoms with E-state index in [-0.39, 0.29) is 5.41 Å². The number of fused-ring (bicyclic) bond motifs is 5. The Balaban J connectivity index is 1.24. The third-order valence-corrected chi connectivity index (χ3v) is 9.95. The Labute approximate surface area is 286 Å². The lowest BCUT2D eigenvalue weighted by Gasteiger charge is -2.24. The quantitative estimate of drug-likeness (QED) is 0.191. The van der Waals surface area contributed by atoms with Crippen molar-refractivity contribution < 1.29 is 0 Å². The first kappa shape index (κ1) is 29.0. The molecule has 0 fully saturated rings. The van der Waals surface area contributed by atoms with Gasteiger partial charge in [-0.25, -0.2) is 15.0 Å². The van der Waals surface area contributed by atoms with E-state index in [9.17, 15) is 0 Å². The highest BCUT2D eigenvalue weighted by Crippen LogP contribution is 2.52. The highest BCUT2D eigenvalue weighted by Gasteiger charge is 2.36. The minimum Gasteiger partial charge on any atom is -0.208 e. The molecule has 9 rings (SSSR count). The first-order valence-electron chi connectivity index (χ1n) is 16.8. The van der Waals surface area contributed by atoms with Crippen molar-refractivity contribution in [1.29, 1.82) is 0 Å². The lowest BCUT2D eigenvalue weighted by molar-refractivity contribution is 0.666. The van der Waals surface area contributed by atoms with Crippen molar-refractivity contribution in [2.45, 2.75) is 19.3 Å². The van der Waals surface area contributed by atoms with E-state index in [0.29, 0.717) is 17.5 Å².